The van der Waals surface area contributed by atoms with Crippen LogP contribution in [0, 0.1) is 3.57 Å². The van der Waals surface area contributed by atoms with Gasteiger partial charge in [0.25, 0.3) is 5.91 Å². The Kier molecular flexibility index (Phi) is 5.09. The van der Waals surface area contributed by atoms with Gasteiger partial charge in [0.15, 0.2) is 0 Å². The van der Waals surface area contributed by atoms with E-state index in [1.54, 1.807) is 6.07 Å². The van der Waals surface area contributed by atoms with Crippen molar-refractivity contribution in [3.05, 3.63) is 39.6 Å². The summed E-state index contributed by atoms with van der Waals surface area (Å²) in [6.07, 6.45) is 0. The first-order valence-electron chi connectivity index (χ1n) is 6.26. The molecule has 2 rings (SSSR count). The van der Waals surface area contributed by atoms with Gasteiger partial charge in [-0.05, 0) is 53.4 Å². The predicted molar refractivity (Wildman–Crippen MR) is 85.3 cm³/mol. The summed E-state index contributed by atoms with van der Waals surface area (Å²) in [6.45, 7) is 4.32. The van der Waals surface area contributed by atoms with Crippen LogP contribution in [0.25, 0.3) is 10.9 Å². The van der Waals surface area contributed by atoms with Crippen molar-refractivity contribution < 1.29 is 4.79 Å². The van der Waals surface area contributed by atoms with E-state index in [-0.39, 0.29) is 5.91 Å². The van der Waals surface area contributed by atoms with Crippen molar-refractivity contribution in [3.63, 3.8) is 0 Å². The molecule has 1 heterocycles. The van der Waals surface area contributed by atoms with E-state index in [1.807, 2.05) is 25.1 Å². The highest BCUT2D eigenvalue weighted by molar-refractivity contribution is 14.1. The lowest BCUT2D eigenvalue weighted by Crippen LogP contribution is -2.32. The number of carbonyl (C=O) groups excluding carboxylic acids is 1. The number of hydrogen-bond acceptors (Lipinski definition) is 3. The Morgan fingerprint density at radius 1 is 1.26 bits per heavy atom. The fourth-order valence-corrected chi connectivity index (χ4v) is 2.27. The molecule has 0 atom stereocenters. The summed E-state index contributed by atoms with van der Waals surface area (Å²) in [5.74, 6) is -0.127. The zero-order valence-corrected chi connectivity index (χ0v) is 12.9. The minimum atomic E-state index is -0.127. The summed E-state index contributed by atoms with van der Waals surface area (Å²) in [7, 11) is 0. The van der Waals surface area contributed by atoms with Crippen molar-refractivity contribution >= 4 is 39.4 Å². The zero-order valence-electron chi connectivity index (χ0n) is 10.7. The summed E-state index contributed by atoms with van der Waals surface area (Å²) in [4.78, 5) is 16.3. The fourth-order valence-electron chi connectivity index (χ4n) is 1.75. The number of carbonyl (C=O) groups is 1. The van der Waals surface area contributed by atoms with Gasteiger partial charge in [0, 0.05) is 22.0 Å². The molecule has 5 heteroatoms. The highest BCUT2D eigenvalue weighted by Gasteiger charge is 2.07. The van der Waals surface area contributed by atoms with Crippen molar-refractivity contribution in [1.82, 2.24) is 15.6 Å². The number of pyridine rings is 1. The molecule has 0 aliphatic heterocycles. The van der Waals surface area contributed by atoms with Gasteiger partial charge in [0.2, 0.25) is 0 Å². The molecule has 19 heavy (non-hydrogen) atoms. The standard InChI is InChI=1S/C14H16IN3O/c1-2-16-7-8-17-14(19)13-5-3-10-9-11(15)4-6-12(10)18-13/h3-6,9,16H,2,7-8H2,1H3,(H,17,19). The van der Waals surface area contributed by atoms with Crippen molar-refractivity contribution in [2.45, 2.75) is 6.92 Å². The predicted octanol–water partition coefficient (Wildman–Crippen LogP) is 2.18. The second kappa shape index (κ2) is 6.81. The smallest absolute Gasteiger partial charge is 0.269 e. The van der Waals surface area contributed by atoms with Crippen LogP contribution in [-0.4, -0.2) is 30.5 Å². The Bertz CT molecular complexity index is 586. The number of benzene rings is 1. The molecule has 1 aromatic heterocycles. The average molecular weight is 369 g/mol. The summed E-state index contributed by atoms with van der Waals surface area (Å²) in [5.41, 5.74) is 1.31. The Morgan fingerprint density at radius 2 is 2.11 bits per heavy atom. The van der Waals surface area contributed by atoms with Gasteiger partial charge in [-0.3, -0.25) is 4.79 Å². The largest absolute Gasteiger partial charge is 0.349 e. The van der Waals surface area contributed by atoms with Crippen LogP contribution >= 0.6 is 22.6 Å². The normalized spacial score (nSPS) is 10.6. The van der Waals surface area contributed by atoms with Gasteiger partial charge in [0.05, 0.1) is 5.52 Å². The molecule has 0 aliphatic carbocycles. The van der Waals surface area contributed by atoms with E-state index in [0.717, 1.165) is 27.6 Å². The van der Waals surface area contributed by atoms with Crippen molar-refractivity contribution in [2.75, 3.05) is 19.6 Å². The lowest BCUT2D eigenvalue weighted by atomic mass is 10.2. The Balaban J connectivity index is 2.08. The van der Waals surface area contributed by atoms with E-state index < -0.39 is 0 Å². The van der Waals surface area contributed by atoms with Crippen molar-refractivity contribution in [2.24, 2.45) is 0 Å². The second-order valence-corrected chi connectivity index (χ2v) is 5.39. The Labute approximate surface area is 126 Å². The molecular weight excluding hydrogens is 353 g/mol. The number of rotatable bonds is 5. The van der Waals surface area contributed by atoms with E-state index in [9.17, 15) is 4.79 Å². The quantitative estimate of drug-likeness (QED) is 0.628. The molecule has 0 spiro atoms. The van der Waals surface area contributed by atoms with E-state index >= 15 is 0 Å². The van der Waals surface area contributed by atoms with Gasteiger partial charge in [-0.15, -0.1) is 0 Å². The summed E-state index contributed by atoms with van der Waals surface area (Å²) in [5, 5.41) is 7.05. The molecule has 1 aromatic carbocycles. The first kappa shape index (κ1) is 14.2. The molecule has 4 nitrogen and oxygen atoms in total. The highest BCUT2D eigenvalue weighted by Crippen LogP contribution is 2.16. The third kappa shape index (κ3) is 3.87. The van der Waals surface area contributed by atoms with Gasteiger partial charge < -0.3 is 10.6 Å². The third-order valence-electron chi connectivity index (χ3n) is 2.72. The van der Waals surface area contributed by atoms with E-state index in [1.165, 1.54) is 0 Å². The average Bonchev–Trinajstić information content (AvgIpc) is 2.42. The van der Waals surface area contributed by atoms with Crippen LogP contribution in [0.1, 0.15) is 17.4 Å². The van der Waals surface area contributed by atoms with Crippen LogP contribution in [0.4, 0.5) is 0 Å². The van der Waals surface area contributed by atoms with Crippen LogP contribution in [0.15, 0.2) is 30.3 Å². The molecule has 0 fully saturated rings. The minimum absolute atomic E-state index is 0.127. The molecule has 0 saturated heterocycles. The van der Waals surface area contributed by atoms with Crippen LogP contribution in [-0.2, 0) is 0 Å². The van der Waals surface area contributed by atoms with Gasteiger partial charge in [-0.25, -0.2) is 4.98 Å². The van der Waals surface area contributed by atoms with Crippen LogP contribution < -0.4 is 10.6 Å². The van der Waals surface area contributed by atoms with E-state index in [0.29, 0.717) is 12.2 Å². The number of hydrogen-bond donors (Lipinski definition) is 2. The summed E-state index contributed by atoms with van der Waals surface area (Å²) < 4.78 is 1.16. The maximum absolute atomic E-state index is 11.9. The second-order valence-electron chi connectivity index (χ2n) is 4.14. The van der Waals surface area contributed by atoms with Gasteiger partial charge >= 0.3 is 0 Å². The monoisotopic (exact) mass is 369 g/mol. The molecule has 100 valence electrons. The number of nitrogens with zero attached hydrogens (tertiary/aromatic N) is 1. The number of aromatic nitrogens is 1. The third-order valence-corrected chi connectivity index (χ3v) is 3.39. The van der Waals surface area contributed by atoms with Crippen LogP contribution in [0.5, 0.6) is 0 Å². The van der Waals surface area contributed by atoms with Gasteiger partial charge in [-0.2, -0.15) is 0 Å². The van der Waals surface area contributed by atoms with Crippen molar-refractivity contribution in [3.8, 4) is 0 Å². The van der Waals surface area contributed by atoms with E-state index in [4.69, 9.17) is 0 Å². The Hall–Kier alpha value is -1.21. The molecule has 0 saturated carbocycles. The minimum Gasteiger partial charge on any atom is -0.349 e. The topological polar surface area (TPSA) is 54.0 Å². The SMILES string of the molecule is CCNCCNC(=O)c1ccc2cc(I)ccc2n1. The first-order chi connectivity index (χ1) is 9.20. The number of amides is 1. The summed E-state index contributed by atoms with van der Waals surface area (Å²) >= 11 is 2.26. The molecule has 0 aliphatic rings. The van der Waals surface area contributed by atoms with Crippen LogP contribution in [0.2, 0.25) is 0 Å². The lowest BCUT2D eigenvalue weighted by Gasteiger charge is -2.06. The van der Waals surface area contributed by atoms with Gasteiger partial charge in [-0.1, -0.05) is 13.0 Å². The van der Waals surface area contributed by atoms with Gasteiger partial charge in [0.1, 0.15) is 5.69 Å². The molecule has 2 N–H and O–H groups in total. The molecule has 0 bridgehead atoms. The maximum atomic E-state index is 11.9. The molecule has 0 radical (unpaired) electrons. The van der Waals surface area contributed by atoms with Crippen LogP contribution in [0.3, 0.4) is 0 Å². The molecule has 2 aromatic rings. The zero-order chi connectivity index (χ0) is 13.7. The molecule has 1 amide bonds. The molecular formula is C14H16IN3O. The summed E-state index contributed by atoms with van der Waals surface area (Å²) in [6, 6.07) is 9.68. The highest BCUT2D eigenvalue weighted by atomic mass is 127. The number of fused-ring (bicyclic) bond motifs is 1. The Morgan fingerprint density at radius 3 is 2.89 bits per heavy atom. The molecule has 0 unspecified atom stereocenters. The number of nitrogens with one attached hydrogen (secondary N) is 2. The maximum Gasteiger partial charge on any atom is 0.269 e. The fraction of sp³-hybridized carbons (Fsp3) is 0.286. The lowest BCUT2D eigenvalue weighted by molar-refractivity contribution is 0.0949. The van der Waals surface area contributed by atoms with E-state index in [2.05, 4.69) is 44.3 Å². The number of halogens is 1. The number of likely N-dealkylation sites (N-methyl/N-ethyl adjacent to an activating group) is 1. The first-order valence-corrected chi connectivity index (χ1v) is 7.34. The van der Waals surface area contributed by atoms with Crippen molar-refractivity contribution in [1.29, 1.82) is 0 Å².